The first-order valence-electron chi connectivity index (χ1n) is 8.69. The Kier molecular flexibility index (Phi) is 4.25. The lowest BCUT2D eigenvalue weighted by atomic mass is 10.1. The number of hydrogen-bond donors (Lipinski definition) is 1. The molecule has 2 aliphatic rings. The maximum atomic E-state index is 12.5. The van der Waals surface area contributed by atoms with Gasteiger partial charge in [-0.1, -0.05) is 24.3 Å². The van der Waals surface area contributed by atoms with Crippen LogP contribution in [0.3, 0.4) is 0 Å². The molecule has 2 amide bonds. The van der Waals surface area contributed by atoms with Gasteiger partial charge in [0.1, 0.15) is 5.01 Å². The molecule has 6 nitrogen and oxygen atoms in total. The van der Waals surface area contributed by atoms with Crippen LogP contribution < -0.4 is 10.2 Å². The minimum atomic E-state index is -0.352. The summed E-state index contributed by atoms with van der Waals surface area (Å²) in [6.45, 7) is 2.42. The lowest BCUT2D eigenvalue weighted by Gasteiger charge is -2.17. The predicted molar refractivity (Wildman–Crippen MR) is 96.8 cm³/mol. The Labute approximate surface area is 150 Å². The maximum Gasteiger partial charge on any atom is 0.231 e. The molecular weight excluding hydrogens is 336 g/mol. The molecule has 0 saturated carbocycles. The van der Waals surface area contributed by atoms with Crippen molar-refractivity contribution in [1.82, 2.24) is 10.2 Å². The molecule has 0 spiro atoms. The first kappa shape index (κ1) is 16.2. The van der Waals surface area contributed by atoms with E-state index in [1.165, 1.54) is 28.9 Å². The minimum absolute atomic E-state index is 0.00427. The van der Waals surface area contributed by atoms with Crippen molar-refractivity contribution in [3.63, 3.8) is 0 Å². The average Bonchev–Trinajstić information content (AvgIpc) is 3.33. The van der Waals surface area contributed by atoms with E-state index in [1.54, 1.807) is 4.90 Å². The van der Waals surface area contributed by atoms with Gasteiger partial charge in [0.05, 0.1) is 5.92 Å². The summed E-state index contributed by atoms with van der Waals surface area (Å²) in [6.07, 6.45) is 4.41. The molecule has 1 atom stereocenters. The second kappa shape index (κ2) is 6.55. The standard InChI is InChI=1S/C18H20N4O2S/c1-2-15-20-21-18(25-15)19-17(24)13-9-16(23)22(10-13)14-7-6-11-4-3-5-12(11)8-14/h6-8,13H,2-5,9-10H2,1H3,(H,19,21,24)/t13-/m0/s1. The van der Waals surface area contributed by atoms with E-state index in [2.05, 4.69) is 27.6 Å². The molecule has 7 heteroatoms. The molecule has 4 rings (SSSR count). The summed E-state index contributed by atoms with van der Waals surface area (Å²) in [6, 6.07) is 6.23. The Balaban J connectivity index is 1.45. The Morgan fingerprint density at radius 2 is 2.16 bits per heavy atom. The van der Waals surface area contributed by atoms with Gasteiger partial charge in [-0.05, 0) is 48.9 Å². The van der Waals surface area contributed by atoms with Gasteiger partial charge in [0.15, 0.2) is 0 Å². The number of amides is 2. The molecule has 25 heavy (non-hydrogen) atoms. The molecule has 1 N–H and O–H groups in total. The zero-order valence-corrected chi connectivity index (χ0v) is 14.9. The molecule has 0 unspecified atom stereocenters. The number of fused-ring (bicyclic) bond motifs is 1. The highest BCUT2D eigenvalue weighted by molar-refractivity contribution is 7.15. The van der Waals surface area contributed by atoms with E-state index in [1.807, 2.05) is 13.0 Å². The van der Waals surface area contributed by atoms with Crippen LogP contribution in [-0.4, -0.2) is 28.6 Å². The van der Waals surface area contributed by atoms with Crippen molar-refractivity contribution in [2.24, 2.45) is 5.92 Å². The number of rotatable bonds is 4. The lowest BCUT2D eigenvalue weighted by molar-refractivity contribution is -0.122. The van der Waals surface area contributed by atoms with Crippen molar-refractivity contribution in [1.29, 1.82) is 0 Å². The number of benzene rings is 1. The molecule has 1 aromatic heterocycles. The van der Waals surface area contributed by atoms with Crippen LogP contribution in [0.2, 0.25) is 0 Å². The Morgan fingerprint density at radius 1 is 1.32 bits per heavy atom. The average molecular weight is 356 g/mol. The highest BCUT2D eigenvalue weighted by atomic mass is 32.1. The van der Waals surface area contributed by atoms with Crippen molar-refractivity contribution in [2.75, 3.05) is 16.8 Å². The third kappa shape index (κ3) is 3.16. The molecule has 130 valence electrons. The van der Waals surface area contributed by atoms with Gasteiger partial charge in [-0.25, -0.2) is 0 Å². The molecule has 1 aliphatic heterocycles. The smallest absolute Gasteiger partial charge is 0.231 e. The third-order valence-electron chi connectivity index (χ3n) is 4.89. The number of anilines is 2. The van der Waals surface area contributed by atoms with Crippen LogP contribution in [0, 0.1) is 5.92 Å². The van der Waals surface area contributed by atoms with Gasteiger partial charge in [0.25, 0.3) is 0 Å². The fourth-order valence-electron chi connectivity index (χ4n) is 3.51. The monoisotopic (exact) mass is 356 g/mol. The van der Waals surface area contributed by atoms with E-state index in [0.29, 0.717) is 11.7 Å². The van der Waals surface area contributed by atoms with E-state index < -0.39 is 0 Å². The summed E-state index contributed by atoms with van der Waals surface area (Å²) in [5.41, 5.74) is 3.62. The van der Waals surface area contributed by atoms with Crippen LogP contribution in [0.4, 0.5) is 10.8 Å². The molecular formula is C18H20N4O2S. The molecule has 0 bridgehead atoms. The van der Waals surface area contributed by atoms with Gasteiger partial charge in [-0.3, -0.25) is 9.59 Å². The SMILES string of the molecule is CCc1nnc(NC(=O)[C@H]2CC(=O)N(c3ccc4c(c3)CCC4)C2)s1. The number of carbonyl (C=O) groups is 2. The molecule has 2 heterocycles. The minimum Gasteiger partial charge on any atom is -0.312 e. The Bertz CT molecular complexity index is 832. The topological polar surface area (TPSA) is 75.2 Å². The van der Waals surface area contributed by atoms with Crippen LogP contribution in [0.1, 0.15) is 35.9 Å². The number of nitrogens with one attached hydrogen (secondary N) is 1. The quantitative estimate of drug-likeness (QED) is 0.914. The van der Waals surface area contributed by atoms with Crippen LogP contribution in [-0.2, 0) is 28.9 Å². The molecule has 1 fully saturated rings. The highest BCUT2D eigenvalue weighted by Gasteiger charge is 2.35. The Morgan fingerprint density at radius 3 is 2.96 bits per heavy atom. The van der Waals surface area contributed by atoms with Gasteiger partial charge >= 0.3 is 0 Å². The van der Waals surface area contributed by atoms with Crippen LogP contribution >= 0.6 is 11.3 Å². The van der Waals surface area contributed by atoms with E-state index in [4.69, 9.17) is 0 Å². The van der Waals surface area contributed by atoms with Crippen molar-refractivity contribution >= 4 is 34.0 Å². The highest BCUT2D eigenvalue weighted by Crippen LogP contribution is 2.31. The number of carbonyl (C=O) groups excluding carboxylic acids is 2. The van der Waals surface area contributed by atoms with Crippen LogP contribution in [0.15, 0.2) is 18.2 Å². The molecule has 1 aromatic carbocycles. The van der Waals surface area contributed by atoms with Gasteiger partial charge < -0.3 is 10.2 Å². The predicted octanol–water partition coefficient (Wildman–Crippen LogP) is 2.58. The first-order valence-corrected chi connectivity index (χ1v) is 9.51. The summed E-state index contributed by atoms with van der Waals surface area (Å²) in [5.74, 6) is -0.504. The van der Waals surface area contributed by atoms with Crippen molar-refractivity contribution < 1.29 is 9.59 Å². The molecule has 0 radical (unpaired) electrons. The Hall–Kier alpha value is -2.28. The second-order valence-corrected chi connectivity index (χ2v) is 7.62. The second-order valence-electron chi connectivity index (χ2n) is 6.56. The van der Waals surface area contributed by atoms with Crippen molar-refractivity contribution in [3.8, 4) is 0 Å². The van der Waals surface area contributed by atoms with Crippen LogP contribution in [0.5, 0.6) is 0 Å². The summed E-state index contributed by atoms with van der Waals surface area (Å²) in [4.78, 5) is 26.6. The summed E-state index contributed by atoms with van der Waals surface area (Å²) >= 11 is 1.38. The van der Waals surface area contributed by atoms with Gasteiger partial charge in [-0.15, -0.1) is 10.2 Å². The summed E-state index contributed by atoms with van der Waals surface area (Å²) < 4.78 is 0. The first-order chi connectivity index (χ1) is 12.1. The summed E-state index contributed by atoms with van der Waals surface area (Å²) in [7, 11) is 0. The fourth-order valence-corrected chi connectivity index (χ4v) is 4.20. The third-order valence-corrected chi connectivity index (χ3v) is 5.87. The number of nitrogens with zero attached hydrogens (tertiary/aromatic N) is 3. The number of hydrogen-bond acceptors (Lipinski definition) is 5. The molecule has 2 aromatic rings. The van der Waals surface area contributed by atoms with Gasteiger partial charge in [0.2, 0.25) is 16.9 Å². The number of aromatic nitrogens is 2. The van der Waals surface area contributed by atoms with Gasteiger partial charge in [-0.2, -0.15) is 0 Å². The van der Waals surface area contributed by atoms with E-state index >= 15 is 0 Å². The molecule has 1 saturated heterocycles. The fraction of sp³-hybridized carbons (Fsp3) is 0.444. The lowest BCUT2D eigenvalue weighted by Crippen LogP contribution is -2.28. The van der Waals surface area contributed by atoms with Gasteiger partial charge in [0, 0.05) is 18.7 Å². The maximum absolute atomic E-state index is 12.5. The number of aryl methyl sites for hydroxylation is 3. The van der Waals surface area contributed by atoms with Crippen molar-refractivity contribution in [2.45, 2.75) is 39.0 Å². The van der Waals surface area contributed by atoms with E-state index in [0.717, 1.165) is 30.0 Å². The normalized spacial score (nSPS) is 19.3. The molecule has 1 aliphatic carbocycles. The zero-order chi connectivity index (χ0) is 17.4. The van der Waals surface area contributed by atoms with Crippen LogP contribution in [0.25, 0.3) is 0 Å². The van der Waals surface area contributed by atoms with Crippen molar-refractivity contribution in [3.05, 3.63) is 34.3 Å². The van der Waals surface area contributed by atoms with E-state index in [9.17, 15) is 9.59 Å². The summed E-state index contributed by atoms with van der Waals surface area (Å²) in [5, 5.41) is 12.2. The largest absolute Gasteiger partial charge is 0.312 e. The zero-order valence-electron chi connectivity index (χ0n) is 14.1. The van der Waals surface area contributed by atoms with E-state index in [-0.39, 0.29) is 24.2 Å².